The molecule has 1 aliphatic carbocycles. The van der Waals surface area contributed by atoms with Gasteiger partial charge < -0.3 is 9.84 Å². The molecule has 2 aromatic heterocycles. The van der Waals surface area contributed by atoms with E-state index in [1.165, 1.54) is 22.6 Å². The van der Waals surface area contributed by atoms with Gasteiger partial charge in [0, 0.05) is 36.8 Å². The highest BCUT2D eigenvalue weighted by Crippen LogP contribution is 2.40. The lowest BCUT2D eigenvalue weighted by atomic mass is 10.0. The highest BCUT2D eigenvalue weighted by Gasteiger charge is 2.36. The molecule has 0 bridgehead atoms. The zero-order valence-electron chi connectivity index (χ0n) is 15.9. The van der Waals surface area contributed by atoms with Gasteiger partial charge in [-0.2, -0.15) is 9.57 Å². The fourth-order valence-corrected chi connectivity index (χ4v) is 5.19. The molecule has 2 aromatic rings. The highest BCUT2D eigenvalue weighted by molar-refractivity contribution is 7.89. The monoisotopic (exact) mass is 415 g/mol. The van der Waals surface area contributed by atoms with Gasteiger partial charge in [0.25, 0.3) is 5.91 Å². The minimum atomic E-state index is -3.72. The number of carbonyl (C=O) groups excluding carboxylic acids is 1. The molecule has 1 amide bonds. The molecule has 2 aliphatic rings. The van der Waals surface area contributed by atoms with Gasteiger partial charge in [-0.15, -0.1) is 0 Å². The van der Waals surface area contributed by atoms with Crippen molar-refractivity contribution in [1.29, 1.82) is 5.26 Å². The largest absolute Gasteiger partial charge is 0.360 e. The Morgan fingerprint density at radius 2 is 2.14 bits per heavy atom. The zero-order valence-corrected chi connectivity index (χ0v) is 16.7. The van der Waals surface area contributed by atoms with Crippen LogP contribution in [-0.2, 0) is 10.0 Å². The number of nitrogens with zero attached hydrogens (tertiary/aromatic N) is 4. The van der Waals surface area contributed by atoms with Crippen LogP contribution in [0.2, 0.25) is 0 Å². The van der Waals surface area contributed by atoms with E-state index < -0.39 is 10.0 Å². The summed E-state index contributed by atoms with van der Waals surface area (Å²) in [5, 5.41) is 15.6. The number of rotatable bonds is 5. The van der Waals surface area contributed by atoms with Crippen LogP contribution < -0.4 is 5.32 Å². The zero-order chi connectivity index (χ0) is 20.6. The van der Waals surface area contributed by atoms with Gasteiger partial charge in [-0.1, -0.05) is 5.16 Å². The molecule has 10 heteroatoms. The van der Waals surface area contributed by atoms with Gasteiger partial charge in [-0.05, 0) is 44.7 Å². The van der Waals surface area contributed by atoms with Gasteiger partial charge in [0.2, 0.25) is 10.0 Å². The Bertz CT molecular complexity index is 1050. The summed E-state index contributed by atoms with van der Waals surface area (Å²) in [6.07, 6.45) is 4.32. The Morgan fingerprint density at radius 1 is 1.34 bits per heavy atom. The first-order valence-corrected chi connectivity index (χ1v) is 11.0. The molecule has 4 rings (SSSR count). The standard InChI is InChI=1S/C19H21N5O4S/c1-12-8-14(22-19(25)17-9-18(28-23-17)13-2-3-13)6-7-24(12)29(26,27)16-5-4-15(10-20)21-11-16/h4-5,9,11-14H,2-3,6-8H2,1H3,(H,22,25)/t12-,14-/m0/s1. The fourth-order valence-electron chi connectivity index (χ4n) is 3.59. The third kappa shape index (κ3) is 4.02. The summed E-state index contributed by atoms with van der Waals surface area (Å²) in [4.78, 5) is 16.3. The number of aromatic nitrogens is 2. The predicted molar refractivity (Wildman–Crippen MR) is 101 cm³/mol. The number of amides is 1. The van der Waals surface area contributed by atoms with E-state index in [0.29, 0.717) is 18.8 Å². The number of hydrogen-bond acceptors (Lipinski definition) is 7. The van der Waals surface area contributed by atoms with E-state index in [-0.39, 0.29) is 40.8 Å². The van der Waals surface area contributed by atoms with Crippen LogP contribution >= 0.6 is 0 Å². The number of pyridine rings is 1. The third-order valence-electron chi connectivity index (χ3n) is 5.35. The van der Waals surface area contributed by atoms with Crippen molar-refractivity contribution in [2.24, 2.45) is 0 Å². The molecule has 2 atom stereocenters. The van der Waals surface area contributed by atoms with E-state index in [1.807, 2.05) is 13.0 Å². The minimum absolute atomic E-state index is 0.0565. The first-order valence-electron chi connectivity index (χ1n) is 9.54. The van der Waals surface area contributed by atoms with Crippen molar-refractivity contribution in [2.45, 2.75) is 55.5 Å². The second-order valence-electron chi connectivity index (χ2n) is 7.54. The molecule has 9 nitrogen and oxygen atoms in total. The Morgan fingerprint density at radius 3 is 2.76 bits per heavy atom. The molecule has 1 saturated carbocycles. The first kappa shape index (κ1) is 19.5. The van der Waals surface area contributed by atoms with Gasteiger partial charge in [-0.3, -0.25) is 4.79 Å². The summed E-state index contributed by atoms with van der Waals surface area (Å²) >= 11 is 0. The predicted octanol–water partition coefficient (Wildman–Crippen LogP) is 1.79. The number of carbonyl (C=O) groups is 1. The molecule has 2 fully saturated rings. The molecular formula is C19H21N5O4S. The smallest absolute Gasteiger partial charge is 0.273 e. The van der Waals surface area contributed by atoms with Crippen LogP contribution in [0.3, 0.4) is 0 Å². The highest BCUT2D eigenvalue weighted by atomic mass is 32.2. The lowest BCUT2D eigenvalue weighted by Crippen LogP contribution is -2.50. The summed E-state index contributed by atoms with van der Waals surface area (Å²) in [5.41, 5.74) is 0.425. The molecule has 0 unspecified atom stereocenters. The van der Waals surface area contributed by atoms with Crippen LogP contribution in [0.15, 0.2) is 33.8 Å². The van der Waals surface area contributed by atoms with E-state index in [0.717, 1.165) is 18.6 Å². The molecule has 1 saturated heterocycles. The van der Waals surface area contributed by atoms with Crippen LogP contribution in [0, 0.1) is 11.3 Å². The van der Waals surface area contributed by atoms with Crippen LogP contribution in [0.25, 0.3) is 0 Å². The maximum Gasteiger partial charge on any atom is 0.273 e. The Balaban J connectivity index is 1.39. The van der Waals surface area contributed by atoms with Gasteiger partial charge in [-0.25, -0.2) is 13.4 Å². The summed E-state index contributed by atoms with van der Waals surface area (Å²) in [7, 11) is -3.72. The Labute approximate surface area is 168 Å². The normalized spacial score (nSPS) is 22.8. The van der Waals surface area contributed by atoms with E-state index in [2.05, 4.69) is 15.5 Å². The van der Waals surface area contributed by atoms with Crippen molar-refractivity contribution in [2.75, 3.05) is 6.54 Å². The second-order valence-corrected chi connectivity index (χ2v) is 9.43. The van der Waals surface area contributed by atoms with E-state index in [1.54, 1.807) is 6.07 Å². The van der Waals surface area contributed by atoms with E-state index in [4.69, 9.17) is 9.78 Å². The third-order valence-corrected chi connectivity index (χ3v) is 7.35. The van der Waals surface area contributed by atoms with Crippen molar-refractivity contribution in [3.05, 3.63) is 41.5 Å². The van der Waals surface area contributed by atoms with Crippen molar-refractivity contribution < 1.29 is 17.7 Å². The molecule has 0 aromatic carbocycles. The molecule has 3 heterocycles. The molecule has 1 N–H and O–H groups in total. The lowest BCUT2D eigenvalue weighted by Gasteiger charge is -2.36. The molecule has 1 aliphatic heterocycles. The molecule has 29 heavy (non-hydrogen) atoms. The van der Waals surface area contributed by atoms with Gasteiger partial charge in [0.15, 0.2) is 5.69 Å². The SMILES string of the molecule is C[C@H]1C[C@@H](NC(=O)c2cc(C3CC3)on2)CCN1S(=O)(=O)c1ccc(C#N)nc1. The van der Waals surface area contributed by atoms with Crippen molar-refractivity contribution >= 4 is 15.9 Å². The number of hydrogen-bond donors (Lipinski definition) is 1. The maximum atomic E-state index is 12.9. The van der Waals surface area contributed by atoms with Gasteiger partial charge in [0.1, 0.15) is 22.4 Å². The van der Waals surface area contributed by atoms with Crippen molar-refractivity contribution in [1.82, 2.24) is 19.8 Å². The minimum Gasteiger partial charge on any atom is -0.360 e. The van der Waals surface area contributed by atoms with Crippen molar-refractivity contribution in [3.8, 4) is 6.07 Å². The van der Waals surface area contributed by atoms with E-state index >= 15 is 0 Å². The Kier molecular flexibility index (Phi) is 5.10. The van der Waals surface area contributed by atoms with Crippen LogP contribution in [0.1, 0.15) is 60.5 Å². The quantitative estimate of drug-likeness (QED) is 0.788. The van der Waals surface area contributed by atoms with Crippen LogP contribution in [0.5, 0.6) is 0 Å². The number of piperidine rings is 1. The summed E-state index contributed by atoms with van der Waals surface area (Å²) in [6, 6.07) is 5.89. The summed E-state index contributed by atoms with van der Waals surface area (Å²) < 4.78 is 32.5. The van der Waals surface area contributed by atoms with Gasteiger partial charge >= 0.3 is 0 Å². The number of sulfonamides is 1. The average Bonchev–Trinajstić information content (AvgIpc) is 3.44. The van der Waals surface area contributed by atoms with E-state index in [9.17, 15) is 13.2 Å². The summed E-state index contributed by atoms with van der Waals surface area (Å²) in [5.74, 6) is 0.833. The van der Waals surface area contributed by atoms with Crippen LogP contribution in [0.4, 0.5) is 0 Å². The topological polar surface area (TPSA) is 129 Å². The van der Waals surface area contributed by atoms with Crippen LogP contribution in [-0.4, -0.2) is 47.4 Å². The number of nitriles is 1. The van der Waals surface area contributed by atoms with Crippen molar-refractivity contribution in [3.63, 3.8) is 0 Å². The molecule has 0 spiro atoms. The fraction of sp³-hybridized carbons (Fsp3) is 0.474. The lowest BCUT2D eigenvalue weighted by molar-refractivity contribution is 0.0905. The number of nitrogens with one attached hydrogen (secondary N) is 1. The second kappa shape index (κ2) is 7.57. The average molecular weight is 415 g/mol. The first-order chi connectivity index (χ1) is 13.9. The maximum absolute atomic E-state index is 12.9. The molecule has 152 valence electrons. The molecule has 0 radical (unpaired) electrons. The molecular weight excluding hydrogens is 394 g/mol. The Hall–Kier alpha value is -2.77. The summed E-state index contributed by atoms with van der Waals surface area (Å²) in [6.45, 7) is 2.09. The van der Waals surface area contributed by atoms with Gasteiger partial charge in [0.05, 0.1) is 0 Å².